The van der Waals surface area contributed by atoms with Crippen molar-refractivity contribution < 1.29 is 9.59 Å². The molecule has 128 valence electrons. The Labute approximate surface area is 143 Å². The van der Waals surface area contributed by atoms with E-state index in [9.17, 15) is 9.59 Å². The van der Waals surface area contributed by atoms with E-state index >= 15 is 0 Å². The van der Waals surface area contributed by atoms with Crippen molar-refractivity contribution in [3.63, 3.8) is 0 Å². The molecule has 2 atom stereocenters. The minimum absolute atomic E-state index is 0. The first-order valence-corrected chi connectivity index (χ1v) is 7.99. The quantitative estimate of drug-likeness (QED) is 0.732. The second-order valence-electron chi connectivity index (χ2n) is 5.89. The summed E-state index contributed by atoms with van der Waals surface area (Å²) in [6, 6.07) is 9.64. The van der Waals surface area contributed by atoms with Gasteiger partial charge in [0.2, 0.25) is 11.8 Å². The summed E-state index contributed by atoms with van der Waals surface area (Å²) in [7, 11) is 0. The van der Waals surface area contributed by atoms with Crippen LogP contribution < -0.4 is 16.4 Å². The fourth-order valence-corrected chi connectivity index (χ4v) is 2.96. The van der Waals surface area contributed by atoms with Crippen molar-refractivity contribution in [2.75, 3.05) is 13.1 Å². The monoisotopic (exact) mass is 339 g/mol. The molecule has 0 aromatic heterocycles. The third kappa shape index (κ3) is 6.59. The summed E-state index contributed by atoms with van der Waals surface area (Å²) in [5.41, 5.74) is 6.70. The highest BCUT2D eigenvalue weighted by molar-refractivity contribution is 5.86. The third-order valence-corrected chi connectivity index (χ3v) is 4.21. The molecule has 2 rings (SSSR count). The zero-order valence-electron chi connectivity index (χ0n) is 13.3. The predicted molar refractivity (Wildman–Crippen MR) is 93.3 cm³/mol. The highest BCUT2D eigenvalue weighted by atomic mass is 35.5. The van der Waals surface area contributed by atoms with Crippen LogP contribution in [0, 0.1) is 5.92 Å². The van der Waals surface area contributed by atoms with Crippen LogP contribution in [0.2, 0.25) is 0 Å². The van der Waals surface area contributed by atoms with E-state index in [4.69, 9.17) is 5.73 Å². The van der Waals surface area contributed by atoms with Gasteiger partial charge in [-0.1, -0.05) is 43.2 Å². The van der Waals surface area contributed by atoms with Gasteiger partial charge in [-0.05, 0) is 30.9 Å². The maximum absolute atomic E-state index is 12.0. The molecule has 2 amide bonds. The van der Waals surface area contributed by atoms with Crippen LogP contribution in [0.3, 0.4) is 0 Å². The molecule has 0 saturated heterocycles. The number of rotatable bonds is 6. The number of hydrogen-bond donors (Lipinski definition) is 3. The van der Waals surface area contributed by atoms with Gasteiger partial charge in [0.05, 0.1) is 13.0 Å². The maximum atomic E-state index is 12.0. The van der Waals surface area contributed by atoms with Gasteiger partial charge in [-0.25, -0.2) is 0 Å². The zero-order chi connectivity index (χ0) is 15.8. The fraction of sp³-hybridized carbons (Fsp3) is 0.529. The first kappa shape index (κ1) is 19.5. The van der Waals surface area contributed by atoms with Crippen molar-refractivity contribution in [1.29, 1.82) is 0 Å². The van der Waals surface area contributed by atoms with Crippen molar-refractivity contribution in [2.24, 2.45) is 11.7 Å². The standard InChI is InChI=1S/C17H25N3O2.ClH/c18-11-14-8-4-5-9-15(14)20-17(22)12-19-16(21)10-13-6-2-1-3-7-13;/h1-3,6-7,14-15H,4-5,8-12,18H2,(H,19,21)(H,20,22);1H. The van der Waals surface area contributed by atoms with Crippen LogP contribution in [0.15, 0.2) is 30.3 Å². The van der Waals surface area contributed by atoms with E-state index in [0.29, 0.717) is 18.9 Å². The van der Waals surface area contributed by atoms with E-state index < -0.39 is 0 Å². The van der Waals surface area contributed by atoms with E-state index in [-0.39, 0.29) is 36.8 Å². The first-order valence-electron chi connectivity index (χ1n) is 7.99. The Bertz CT molecular complexity index is 496. The Hall–Kier alpha value is -1.59. The molecule has 0 radical (unpaired) electrons. The van der Waals surface area contributed by atoms with Crippen LogP contribution >= 0.6 is 12.4 Å². The topological polar surface area (TPSA) is 84.2 Å². The van der Waals surface area contributed by atoms with Crippen LogP contribution in [-0.4, -0.2) is 30.9 Å². The summed E-state index contributed by atoms with van der Waals surface area (Å²) in [5.74, 6) is 0.0878. The molecule has 1 aliphatic rings. The van der Waals surface area contributed by atoms with E-state index in [1.165, 1.54) is 6.42 Å². The number of carbonyl (C=O) groups is 2. The van der Waals surface area contributed by atoms with Gasteiger partial charge in [-0.15, -0.1) is 12.4 Å². The maximum Gasteiger partial charge on any atom is 0.239 e. The molecule has 5 nitrogen and oxygen atoms in total. The van der Waals surface area contributed by atoms with Gasteiger partial charge < -0.3 is 16.4 Å². The summed E-state index contributed by atoms with van der Waals surface area (Å²) in [5, 5.41) is 5.68. The zero-order valence-corrected chi connectivity index (χ0v) is 14.1. The average Bonchev–Trinajstić information content (AvgIpc) is 2.54. The SMILES string of the molecule is Cl.NCC1CCCCC1NC(=O)CNC(=O)Cc1ccccc1. The summed E-state index contributed by atoms with van der Waals surface area (Å²) in [4.78, 5) is 23.8. The number of carbonyl (C=O) groups excluding carboxylic acids is 2. The minimum atomic E-state index is -0.139. The molecule has 1 fully saturated rings. The van der Waals surface area contributed by atoms with E-state index in [1.807, 2.05) is 30.3 Å². The van der Waals surface area contributed by atoms with Crippen LogP contribution in [0.5, 0.6) is 0 Å². The molecule has 1 saturated carbocycles. The van der Waals surface area contributed by atoms with Gasteiger partial charge in [0.1, 0.15) is 0 Å². The van der Waals surface area contributed by atoms with Crippen molar-refractivity contribution in [2.45, 2.75) is 38.1 Å². The first-order chi connectivity index (χ1) is 10.7. The molecule has 1 aromatic rings. The molecule has 1 aromatic carbocycles. The lowest BCUT2D eigenvalue weighted by molar-refractivity contribution is -0.126. The highest BCUT2D eigenvalue weighted by Crippen LogP contribution is 2.23. The van der Waals surface area contributed by atoms with Gasteiger partial charge in [-0.2, -0.15) is 0 Å². The molecule has 6 heteroatoms. The Morgan fingerprint density at radius 2 is 1.78 bits per heavy atom. The molecule has 4 N–H and O–H groups in total. The van der Waals surface area contributed by atoms with Gasteiger partial charge in [0, 0.05) is 6.04 Å². The number of nitrogens with one attached hydrogen (secondary N) is 2. The van der Waals surface area contributed by atoms with Crippen molar-refractivity contribution in [3.05, 3.63) is 35.9 Å². The predicted octanol–water partition coefficient (Wildman–Crippen LogP) is 1.40. The van der Waals surface area contributed by atoms with Crippen LogP contribution in [0.4, 0.5) is 0 Å². The lowest BCUT2D eigenvalue weighted by Gasteiger charge is -2.31. The molecule has 1 aliphatic carbocycles. The van der Waals surface area contributed by atoms with Gasteiger partial charge >= 0.3 is 0 Å². The number of amides is 2. The molecule has 0 heterocycles. The van der Waals surface area contributed by atoms with Crippen LogP contribution in [0.1, 0.15) is 31.2 Å². The lowest BCUT2D eigenvalue weighted by atomic mass is 9.84. The largest absolute Gasteiger partial charge is 0.352 e. The van der Waals surface area contributed by atoms with Crippen molar-refractivity contribution in [1.82, 2.24) is 10.6 Å². The van der Waals surface area contributed by atoms with Gasteiger partial charge in [-0.3, -0.25) is 9.59 Å². The molecule has 0 aliphatic heterocycles. The van der Waals surface area contributed by atoms with Crippen molar-refractivity contribution in [3.8, 4) is 0 Å². The number of halogens is 1. The van der Waals surface area contributed by atoms with Gasteiger partial charge in [0.25, 0.3) is 0 Å². The minimum Gasteiger partial charge on any atom is -0.352 e. The lowest BCUT2D eigenvalue weighted by Crippen LogP contribution is -2.48. The van der Waals surface area contributed by atoms with E-state index in [0.717, 1.165) is 24.8 Å². The van der Waals surface area contributed by atoms with Crippen LogP contribution in [-0.2, 0) is 16.0 Å². The molecule has 0 spiro atoms. The molecule has 2 unspecified atom stereocenters. The summed E-state index contributed by atoms with van der Waals surface area (Å²) in [6.07, 6.45) is 4.65. The summed E-state index contributed by atoms with van der Waals surface area (Å²) >= 11 is 0. The second kappa shape index (κ2) is 10.2. The highest BCUT2D eigenvalue weighted by Gasteiger charge is 2.25. The van der Waals surface area contributed by atoms with Crippen LogP contribution in [0.25, 0.3) is 0 Å². The second-order valence-corrected chi connectivity index (χ2v) is 5.89. The number of nitrogens with two attached hydrogens (primary N) is 1. The number of hydrogen-bond acceptors (Lipinski definition) is 3. The number of benzene rings is 1. The summed E-state index contributed by atoms with van der Waals surface area (Å²) < 4.78 is 0. The smallest absolute Gasteiger partial charge is 0.239 e. The Morgan fingerprint density at radius 3 is 2.48 bits per heavy atom. The molecule has 0 bridgehead atoms. The van der Waals surface area contributed by atoms with Gasteiger partial charge in [0.15, 0.2) is 0 Å². The summed E-state index contributed by atoms with van der Waals surface area (Å²) in [6.45, 7) is 0.630. The Balaban J connectivity index is 0.00000264. The molecular weight excluding hydrogens is 314 g/mol. The van der Waals surface area contributed by atoms with E-state index in [2.05, 4.69) is 10.6 Å². The normalized spacial score (nSPS) is 20.2. The third-order valence-electron chi connectivity index (χ3n) is 4.21. The Kier molecular flexibility index (Phi) is 8.66. The van der Waals surface area contributed by atoms with E-state index in [1.54, 1.807) is 0 Å². The fourth-order valence-electron chi connectivity index (χ4n) is 2.96. The molecular formula is C17H26ClN3O2. The average molecular weight is 340 g/mol. The van der Waals surface area contributed by atoms with Crippen molar-refractivity contribution >= 4 is 24.2 Å². The molecule has 23 heavy (non-hydrogen) atoms. The Morgan fingerprint density at radius 1 is 1.09 bits per heavy atom.